The molecule has 6 rings (SSSR count). The lowest BCUT2D eigenvalue weighted by molar-refractivity contribution is 0.0872. The Bertz CT molecular complexity index is 1460. The van der Waals surface area contributed by atoms with Crippen molar-refractivity contribution in [1.82, 2.24) is 0 Å². The average Bonchev–Trinajstić information content (AvgIpc) is 2.91. The van der Waals surface area contributed by atoms with Crippen molar-refractivity contribution in [3.05, 3.63) is 106 Å². The largest absolute Gasteiger partial charge is 0.268 e. The minimum Gasteiger partial charge on any atom is -0.268 e. The number of hydrogen-bond acceptors (Lipinski definition) is 4. The molecular weight excluding hydrogens is 452 g/mol. The summed E-state index contributed by atoms with van der Waals surface area (Å²) in [5.74, 6) is -1.85. The van der Waals surface area contributed by atoms with Gasteiger partial charge in [0.15, 0.2) is 0 Å². The maximum absolute atomic E-state index is 13.7. The number of aryl methyl sites for hydroxylation is 2. The smallest absolute Gasteiger partial charge is 0.265 e. The molecule has 0 N–H and O–H groups in total. The molecule has 4 aromatic carbocycles. The van der Waals surface area contributed by atoms with E-state index in [2.05, 4.69) is 0 Å². The Morgan fingerprint density at radius 3 is 1.08 bits per heavy atom. The molecule has 0 unspecified atom stereocenters. The predicted molar refractivity (Wildman–Crippen MR) is 138 cm³/mol. The van der Waals surface area contributed by atoms with Crippen LogP contribution in [0.15, 0.2) is 72.8 Å². The number of para-hydroxylation sites is 2. The first-order chi connectivity index (χ1) is 17.5. The molecule has 0 saturated carbocycles. The van der Waals surface area contributed by atoms with Gasteiger partial charge in [-0.05, 0) is 60.4 Å². The van der Waals surface area contributed by atoms with E-state index in [-0.39, 0.29) is 0 Å². The van der Waals surface area contributed by atoms with Crippen molar-refractivity contribution >= 4 is 45.8 Å². The highest BCUT2D eigenvalue weighted by molar-refractivity contribution is 6.42. The Kier molecular flexibility index (Phi) is 4.86. The number of amides is 4. The van der Waals surface area contributed by atoms with Crippen LogP contribution in [0.4, 0.5) is 11.4 Å². The van der Waals surface area contributed by atoms with Crippen LogP contribution in [0.25, 0.3) is 10.8 Å². The summed E-state index contributed by atoms with van der Waals surface area (Å²) in [7, 11) is 0. The summed E-state index contributed by atoms with van der Waals surface area (Å²) in [6.45, 7) is 3.94. The molecule has 2 heterocycles. The lowest BCUT2D eigenvalue weighted by atomic mass is 9.85. The van der Waals surface area contributed by atoms with E-state index in [0.29, 0.717) is 57.2 Å². The summed E-state index contributed by atoms with van der Waals surface area (Å²) >= 11 is 0. The second-order valence-corrected chi connectivity index (χ2v) is 8.93. The third-order valence-corrected chi connectivity index (χ3v) is 7.12. The number of rotatable bonds is 4. The number of hydrogen-bond donors (Lipinski definition) is 0. The second-order valence-electron chi connectivity index (χ2n) is 8.93. The van der Waals surface area contributed by atoms with E-state index >= 15 is 0 Å². The fourth-order valence-electron chi connectivity index (χ4n) is 5.37. The molecule has 0 atom stereocenters. The molecule has 6 heteroatoms. The molecule has 0 bridgehead atoms. The molecule has 0 spiro atoms. The van der Waals surface area contributed by atoms with Gasteiger partial charge < -0.3 is 0 Å². The summed E-state index contributed by atoms with van der Waals surface area (Å²) < 4.78 is 0. The molecule has 36 heavy (non-hydrogen) atoms. The Balaban J connectivity index is 1.57. The fraction of sp³-hybridized carbons (Fsp3) is 0.133. The van der Waals surface area contributed by atoms with Gasteiger partial charge in [0.1, 0.15) is 0 Å². The van der Waals surface area contributed by atoms with Gasteiger partial charge in [-0.25, -0.2) is 9.80 Å². The normalized spacial score (nSPS) is 14.7. The van der Waals surface area contributed by atoms with Crippen molar-refractivity contribution in [2.45, 2.75) is 26.7 Å². The van der Waals surface area contributed by atoms with Crippen molar-refractivity contribution < 1.29 is 19.2 Å². The number of carbonyl (C=O) groups is 4. The predicted octanol–water partition coefficient (Wildman–Crippen LogP) is 5.57. The highest BCUT2D eigenvalue weighted by Gasteiger charge is 2.41. The molecule has 4 aromatic rings. The van der Waals surface area contributed by atoms with Crippen LogP contribution in [0.5, 0.6) is 0 Å². The molecule has 6 nitrogen and oxygen atoms in total. The van der Waals surface area contributed by atoms with Crippen molar-refractivity contribution in [3.63, 3.8) is 0 Å². The van der Waals surface area contributed by atoms with Crippen molar-refractivity contribution in [2.75, 3.05) is 9.80 Å². The van der Waals surface area contributed by atoms with Gasteiger partial charge in [0, 0.05) is 33.0 Å². The van der Waals surface area contributed by atoms with E-state index in [1.807, 2.05) is 38.1 Å². The molecular formula is C30H22N2O4. The molecule has 2 aliphatic rings. The van der Waals surface area contributed by atoms with Gasteiger partial charge in [0.25, 0.3) is 23.6 Å². The first kappa shape index (κ1) is 21.9. The van der Waals surface area contributed by atoms with E-state index in [1.165, 1.54) is 9.80 Å². The zero-order chi connectivity index (χ0) is 25.1. The van der Waals surface area contributed by atoms with Crippen LogP contribution in [0.3, 0.4) is 0 Å². The van der Waals surface area contributed by atoms with Gasteiger partial charge >= 0.3 is 0 Å². The summed E-state index contributed by atoms with van der Waals surface area (Å²) in [6.07, 6.45) is 1.32. The Morgan fingerprint density at radius 1 is 0.472 bits per heavy atom. The van der Waals surface area contributed by atoms with Gasteiger partial charge in [-0.3, -0.25) is 19.2 Å². The maximum Gasteiger partial charge on any atom is 0.265 e. The first-order valence-electron chi connectivity index (χ1n) is 12.0. The lowest BCUT2D eigenvalue weighted by Crippen LogP contribution is -2.44. The maximum atomic E-state index is 13.7. The van der Waals surface area contributed by atoms with E-state index in [4.69, 9.17) is 0 Å². The Hall–Kier alpha value is -4.58. The van der Waals surface area contributed by atoms with Gasteiger partial charge in [0.05, 0.1) is 11.4 Å². The number of imide groups is 2. The zero-order valence-corrected chi connectivity index (χ0v) is 19.9. The number of benzene rings is 4. The summed E-state index contributed by atoms with van der Waals surface area (Å²) in [5.41, 5.74) is 4.07. The van der Waals surface area contributed by atoms with Crippen LogP contribution in [0.2, 0.25) is 0 Å². The highest BCUT2D eigenvalue weighted by atomic mass is 16.2. The summed E-state index contributed by atoms with van der Waals surface area (Å²) in [4.78, 5) is 57.1. The van der Waals surface area contributed by atoms with Gasteiger partial charge in [-0.2, -0.15) is 0 Å². The van der Waals surface area contributed by atoms with Crippen LogP contribution in [0, 0.1) is 0 Å². The van der Waals surface area contributed by atoms with E-state index in [1.54, 1.807) is 48.5 Å². The SMILES string of the molecule is CCc1ccccc1N1C(=O)c2ccc3c4c(ccc(c24)C1=O)C(=O)N(c1ccccc1CC)C3=O. The van der Waals surface area contributed by atoms with E-state index in [9.17, 15) is 19.2 Å². The van der Waals surface area contributed by atoms with Crippen molar-refractivity contribution in [1.29, 1.82) is 0 Å². The summed E-state index contributed by atoms with van der Waals surface area (Å²) in [5, 5.41) is 0.741. The minimum absolute atomic E-state index is 0.305. The number of anilines is 2. The average molecular weight is 475 g/mol. The zero-order valence-electron chi connectivity index (χ0n) is 19.9. The quantitative estimate of drug-likeness (QED) is 0.363. The lowest BCUT2D eigenvalue weighted by Gasteiger charge is -2.33. The van der Waals surface area contributed by atoms with E-state index < -0.39 is 23.6 Å². The number of carbonyl (C=O) groups excluding carboxylic acids is 4. The Morgan fingerprint density at radius 2 is 0.778 bits per heavy atom. The van der Waals surface area contributed by atoms with Gasteiger partial charge in [-0.15, -0.1) is 0 Å². The monoisotopic (exact) mass is 474 g/mol. The molecule has 0 saturated heterocycles. The summed E-state index contributed by atoms with van der Waals surface area (Å²) in [6, 6.07) is 21.0. The van der Waals surface area contributed by atoms with Crippen molar-refractivity contribution in [2.24, 2.45) is 0 Å². The molecule has 0 aliphatic carbocycles. The first-order valence-corrected chi connectivity index (χ1v) is 12.0. The van der Waals surface area contributed by atoms with Gasteiger partial charge in [-0.1, -0.05) is 50.2 Å². The molecule has 2 aliphatic heterocycles. The van der Waals surface area contributed by atoms with E-state index in [0.717, 1.165) is 11.1 Å². The Labute approximate surface area is 207 Å². The van der Waals surface area contributed by atoms with Gasteiger partial charge in [0.2, 0.25) is 0 Å². The third-order valence-electron chi connectivity index (χ3n) is 7.12. The third kappa shape index (κ3) is 2.84. The standard InChI is InChI=1S/C30H22N2O4/c1-3-17-9-5-7-11-23(17)31-27(33)19-13-15-21-26-22(16-14-20(25(19)26)28(31)34)30(36)32(29(21)35)24-12-8-6-10-18(24)4-2/h5-16H,3-4H2,1-2H3. The topological polar surface area (TPSA) is 74.8 Å². The second kappa shape index (κ2) is 7.99. The minimum atomic E-state index is -0.462. The van der Waals surface area contributed by atoms with Crippen LogP contribution in [-0.2, 0) is 12.8 Å². The van der Waals surface area contributed by atoms with Crippen LogP contribution in [0.1, 0.15) is 66.4 Å². The molecule has 0 radical (unpaired) electrons. The highest BCUT2D eigenvalue weighted by Crippen LogP contribution is 2.41. The van der Waals surface area contributed by atoms with Crippen LogP contribution in [-0.4, -0.2) is 23.6 Å². The van der Waals surface area contributed by atoms with Crippen molar-refractivity contribution in [3.8, 4) is 0 Å². The molecule has 176 valence electrons. The number of nitrogens with zero attached hydrogens (tertiary/aromatic N) is 2. The molecule has 0 aromatic heterocycles. The molecule has 0 fully saturated rings. The van der Waals surface area contributed by atoms with Crippen LogP contribution < -0.4 is 9.80 Å². The fourth-order valence-corrected chi connectivity index (χ4v) is 5.37. The molecule has 4 amide bonds. The van der Waals surface area contributed by atoms with Crippen LogP contribution >= 0.6 is 0 Å².